The Morgan fingerprint density at radius 1 is 1.37 bits per heavy atom. The predicted octanol–water partition coefficient (Wildman–Crippen LogP) is 1.95. The number of esters is 1. The monoisotopic (exact) mass is 261 g/mol. The lowest BCUT2D eigenvalue weighted by atomic mass is 9.93. The molecule has 0 radical (unpaired) electrons. The maximum absolute atomic E-state index is 12.0. The second-order valence-corrected chi connectivity index (χ2v) is 4.79. The summed E-state index contributed by atoms with van der Waals surface area (Å²) in [4.78, 5) is 25.2. The molecule has 0 spiro atoms. The normalized spacial score (nSPS) is 22.6. The van der Waals surface area contributed by atoms with E-state index in [-0.39, 0.29) is 30.4 Å². The van der Waals surface area contributed by atoms with Gasteiger partial charge in [-0.1, -0.05) is 30.3 Å². The first kappa shape index (κ1) is 13.6. The van der Waals surface area contributed by atoms with E-state index in [4.69, 9.17) is 4.74 Å². The first-order valence-electron chi connectivity index (χ1n) is 6.63. The van der Waals surface area contributed by atoms with Crippen LogP contribution in [0, 0.1) is 0 Å². The number of carbonyl (C=O) groups excluding carboxylic acids is 2. The lowest BCUT2D eigenvalue weighted by molar-refractivity contribution is -0.148. The predicted molar refractivity (Wildman–Crippen MR) is 71.6 cm³/mol. The fourth-order valence-electron chi connectivity index (χ4n) is 2.59. The van der Waals surface area contributed by atoms with Crippen molar-refractivity contribution in [3.8, 4) is 0 Å². The Hall–Kier alpha value is -1.84. The highest BCUT2D eigenvalue weighted by Crippen LogP contribution is 2.33. The standard InChI is InChI=1S/C15H19NO3/c1-3-19-15(18)10-16-11(2)13(9-14(16)17)12-7-5-4-6-8-12/h4-8,11,13H,3,9-10H2,1-2H3. The second-order valence-electron chi connectivity index (χ2n) is 4.79. The molecule has 2 unspecified atom stereocenters. The van der Waals surface area contributed by atoms with E-state index in [0.29, 0.717) is 13.0 Å². The molecule has 1 aliphatic heterocycles. The summed E-state index contributed by atoms with van der Waals surface area (Å²) in [5.41, 5.74) is 1.15. The lowest BCUT2D eigenvalue weighted by Crippen LogP contribution is -2.37. The molecule has 4 nitrogen and oxygen atoms in total. The summed E-state index contributed by atoms with van der Waals surface area (Å²) in [7, 11) is 0. The van der Waals surface area contributed by atoms with E-state index in [1.54, 1.807) is 11.8 Å². The van der Waals surface area contributed by atoms with E-state index in [2.05, 4.69) is 0 Å². The van der Waals surface area contributed by atoms with Crippen LogP contribution in [0.1, 0.15) is 31.7 Å². The average molecular weight is 261 g/mol. The van der Waals surface area contributed by atoms with Crippen molar-refractivity contribution in [2.24, 2.45) is 0 Å². The zero-order valence-corrected chi connectivity index (χ0v) is 11.3. The summed E-state index contributed by atoms with van der Waals surface area (Å²) < 4.78 is 4.91. The molecular formula is C15H19NO3. The number of carbonyl (C=O) groups is 2. The molecule has 1 fully saturated rings. The molecule has 1 saturated heterocycles. The van der Waals surface area contributed by atoms with E-state index in [1.807, 2.05) is 37.3 Å². The van der Waals surface area contributed by atoms with Crippen molar-refractivity contribution in [1.82, 2.24) is 4.90 Å². The van der Waals surface area contributed by atoms with Gasteiger partial charge >= 0.3 is 5.97 Å². The van der Waals surface area contributed by atoms with Crippen molar-refractivity contribution in [1.29, 1.82) is 0 Å². The van der Waals surface area contributed by atoms with E-state index in [1.165, 1.54) is 0 Å². The van der Waals surface area contributed by atoms with Crippen molar-refractivity contribution < 1.29 is 14.3 Å². The van der Waals surface area contributed by atoms with Gasteiger partial charge in [-0.2, -0.15) is 0 Å². The number of nitrogens with zero attached hydrogens (tertiary/aromatic N) is 1. The van der Waals surface area contributed by atoms with Crippen LogP contribution in [0.3, 0.4) is 0 Å². The van der Waals surface area contributed by atoms with Crippen LogP contribution < -0.4 is 0 Å². The Balaban J connectivity index is 2.08. The van der Waals surface area contributed by atoms with Crippen LogP contribution in [-0.4, -0.2) is 36.0 Å². The fourth-order valence-corrected chi connectivity index (χ4v) is 2.59. The topological polar surface area (TPSA) is 46.6 Å². The molecule has 0 saturated carbocycles. The second kappa shape index (κ2) is 5.87. The van der Waals surface area contributed by atoms with Crippen molar-refractivity contribution in [3.05, 3.63) is 35.9 Å². The minimum Gasteiger partial charge on any atom is -0.465 e. The summed E-state index contributed by atoms with van der Waals surface area (Å²) in [6.07, 6.45) is 0.463. The van der Waals surface area contributed by atoms with Gasteiger partial charge in [-0.25, -0.2) is 0 Å². The zero-order chi connectivity index (χ0) is 13.8. The first-order chi connectivity index (χ1) is 9.13. The molecule has 0 aromatic heterocycles. The summed E-state index contributed by atoms with van der Waals surface area (Å²) in [5, 5.41) is 0. The molecule has 4 heteroatoms. The molecule has 19 heavy (non-hydrogen) atoms. The summed E-state index contributed by atoms with van der Waals surface area (Å²) in [5.74, 6) is -0.158. The molecule has 102 valence electrons. The molecule has 0 aliphatic carbocycles. The van der Waals surface area contributed by atoms with Crippen LogP contribution in [-0.2, 0) is 14.3 Å². The molecule has 2 rings (SSSR count). The zero-order valence-electron chi connectivity index (χ0n) is 11.3. The van der Waals surface area contributed by atoms with E-state index >= 15 is 0 Å². The van der Waals surface area contributed by atoms with Gasteiger partial charge in [0.1, 0.15) is 6.54 Å². The number of likely N-dealkylation sites (tertiary alicyclic amines) is 1. The molecular weight excluding hydrogens is 242 g/mol. The molecule has 0 N–H and O–H groups in total. The van der Waals surface area contributed by atoms with Crippen molar-refractivity contribution >= 4 is 11.9 Å². The lowest BCUT2D eigenvalue weighted by Gasteiger charge is -2.24. The van der Waals surface area contributed by atoms with E-state index in [9.17, 15) is 9.59 Å². The van der Waals surface area contributed by atoms with Crippen LogP contribution >= 0.6 is 0 Å². The van der Waals surface area contributed by atoms with Gasteiger partial charge in [-0.3, -0.25) is 9.59 Å². The Morgan fingerprint density at radius 2 is 2.05 bits per heavy atom. The third-order valence-corrected chi connectivity index (χ3v) is 3.62. The molecule has 1 amide bonds. The largest absolute Gasteiger partial charge is 0.465 e. The summed E-state index contributed by atoms with van der Waals surface area (Å²) in [6, 6.07) is 9.99. The molecule has 0 bridgehead atoms. The molecule has 1 aromatic rings. The SMILES string of the molecule is CCOC(=O)CN1C(=O)CC(c2ccccc2)C1C. The van der Waals surface area contributed by atoms with Gasteiger partial charge in [0.05, 0.1) is 6.61 Å². The first-order valence-corrected chi connectivity index (χ1v) is 6.63. The van der Waals surface area contributed by atoms with Crippen LogP contribution in [0.25, 0.3) is 0 Å². The maximum atomic E-state index is 12.0. The highest BCUT2D eigenvalue weighted by molar-refractivity contribution is 5.85. The van der Waals surface area contributed by atoms with Gasteiger partial charge in [-0.05, 0) is 19.4 Å². The summed E-state index contributed by atoms with van der Waals surface area (Å²) >= 11 is 0. The Bertz CT molecular complexity index is 458. The van der Waals surface area contributed by atoms with Crippen LogP contribution in [0.2, 0.25) is 0 Å². The van der Waals surface area contributed by atoms with Crippen LogP contribution in [0.15, 0.2) is 30.3 Å². The molecule has 1 aromatic carbocycles. The number of rotatable bonds is 4. The van der Waals surface area contributed by atoms with E-state index < -0.39 is 0 Å². The number of amides is 1. The number of benzene rings is 1. The quantitative estimate of drug-likeness (QED) is 0.778. The Morgan fingerprint density at radius 3 is 2.68 bits per heavy atom. The van der Waals surface area contributed by atoms with Crippen LogP contribution in [0.5, 0.6) is 0 Å². The van der Waals surface area contributed by atoms with Gasteiger partial charge in [0, 0.05) is 18.4 Å². The maximum Gasteiger partial charge on any atom is 0.325 e. The minimum atomic E-state index is -0.337. The highest BCUT2D eigenvalue weighted by Gasteiger charge is 2.38. The number of hydrogen-bond acceptors (Lipinski definition) is 3. The van der Waals surface area contributed by atoms with Crippen LogP contribution in [0.4, 0.5) is 0 Å². The molecule has 1 aliphatic rings. The Labute approximate surface area is 113 Å². The minimum absolute atomic E-state index is 0.0226. The van der Waals surface area contributed by atoms with Gasteiger partial charge in [0.2, 0.25) is 5.91 Å². The molecule has 1 heterocycles. The summed E-state index contributed by atoms with van der Waals surface area (Å²) in [6.45, 7) is 4.15. The Kier molecular flexibility index (Phi) is 4.20. The van der Waals surface area contributed by atoms with E-state index in [0.717, 1.165) is 5.56 Å². The number of hydrogen-bond donors (Lipinski definition) is 0. The van der Waals surface area contributed by atoms with Gasteiger partial charge in [-0.15, -0.1) is 0 Å². The number of ether oxygens (including phenoxy) is 1. The molecule has 2 atom stereocenters. The fraction of sp³-hybridized carbons (Fsp3) is 0.467. The van der Waals surface area contributed by atoms with Gasteiger partial charge in [0.15, 0.2) is 0 Å². The third-order valence-electron chi connectivity index (χ3n) is 3.62. The van der Waals surface area contributed by atoms with Crippen molar-refractivity contribution in [2.75, 3.05) is 13.2 Å². The highest BCUT2D eigenvalue weighted by atomic mass is 16.5. The third kappa shape index (κ3) is 2.95. The van der Waals surface area contributed by atoms with Crippen molar-refractivity contribution in [3.63, 3.8) is 0 Å². The van der Waals surface area contributed by atoms with Crippen molar-refractivity contribution in [2.45, 2.75) is 32.2 Å². The van der Waals surface area contributed by atoms with Gasteiger partial charge < -0.3 is 9.64 Å². The van der Waals surface area contributed by atoms with Gasteiger partial charge in [0.25, 0.3) is 0 Å². The average Bonchev–Trinajstić information content (AvgIpc) is 2.68. The smallest absolute Gasteiger partial charge is 0.325 e.